The van der Waals surface area contributed by atoms with E-state index in [4.69, 9.17) is 4.74 Å². The second kappa shape index (κ2) is 7.35. The lowest BCUT2D eigenvalue weighted by Crippen LogP contribution is -2.09. The molecule has 0 atom stereocenters. The molecule has 0 aliphatic rings. The van der Waals surface area contributed by atoms with Gasteiger partial charge in [0, 0.05) is 12.8 Å². The molecule has 3 heterocycles. The van der Waals surface area contributed by atoms with Gasteiger partial charge in [-0.3, -0.25) is 4.68 Å². The Morgan fingerprint density at radius 3 is 2.83 bits per heavy atom. The van der Waals surface area contributed by atoms with E-state index >= 15 is 0 Å². The van der Waals surface area contributed by atoms with Crippen molar-refractivity contribution in [2.75, 3.05) is 18.5 Å². The van der Waals surface area contributed by atoms with Gasteiger partial charge in [-0.25, -0.2) is 15.0 Å². The standard InChI is InChI=1S/C17H22N6O/c1-4-13-15-16(23(22-13)8-9-24-5-2)17(20-11-19-15)21-14-10-12(3)6-7-18-14/h6-7,10-11H,4-5,8-9H2,1-3H3,(H,18,19,20,21). The van der Waals surface area contributed by atoms with Gasteiger partial charge in [0.2, 0.25) is 0 Å². The van der Waals surface area contributed by atoms with Crippen LogP contribution in [-0.2, 0) is 17.7 Å². The minimum Gasteiger partial charge on any atom is -0.380 e. The Kier molecular flexibility index (Phi) is 5.00. The lowest BCUT2D eigenvalue weighted by atomic mass is 10.2. The number of nitrogens with zero attached hydrogens (tertiary/aromatic N) is 5. The molecule has 3 aromatic rings. The highest BCUT2D eigenvalue weighted by Crippen LogP contribution is 2.25. The molecule has 0 unspecified atom stereocenters. The van der Waals surface area contributed by atoms with Crippen molar-refractivity contribution < 1.29 is 4.74 Å². The van der Waals surface area contributed by atoms with Crippen LogP contribution in [0.2, 0.25) is 0 Å². The normalized spacial score (nSPS) is 11.1. The fraction of sp³-hybridized carbons (Fsp3) is 0.412. The summed E-state index contributed by atoms with van der Waals surface area (Å²) in [4.78, 5) is 13.2. The fourth-order valence-electron chi connectivity index (χ4n) is 2.59. The topological polar surface area (TPSA) is 77.8 Å². The van der Waals surface area contributed by atoms with Gasteiger partial charge in [0.05, 0.1) is 18.8 Å². The highest BCUT2D eigenvalue weighted by molar-refractivity contribution is 5.88. The van der Waals surface area contributed by atoms with Gasteiger partial charge in [-0.1, -0.05) is 6.92 Å². The molecule has 0 aliphatic heterocycles. The molecule has 0 saturated heterocycles. The Morgan fingerprint density at radius 2 is 2.08 bits per heavy atom. The van der Waals surface area contributed by atoms with Crippen molar-refractivity contribution in [2.24, 2.45) is 0 Å². The van der Waals surface area contributed by atoms with Crippen molar-refractivity contribution in [1.82, 2.24) is 24.7 Å². The number of hydrogen-bond donors (Lipinski definition) is 1. The van der Waals surface area contributed by atoms with Crippen LogP contribution >= 0.6 is 0 Å². The van der Waals surface area contributed by atoms with Crippen LogP contribution in [0.1, 0.15) is 25.1 Å². The molecule has 24 heavy (non-hydrogen) atoms. The van der Waals surface area contributed by atoms with E-state index in [1.54, 1.807) is 12.5 Å². The summed E-state index contributed by atoms with van der Waals surface area (Å²) < 4.78 is 7.39. The summed E-state index contributed by atoms with van der Waals surface area (Å²) in [6.07, 6.45) is 4.16. The third kappa shape index (κ3) is 3.35. The maximum atomic E-state index is 5.47. The van der Waals surface area contributed by atoms with Gasteiger partial charge < -0.3 is 10.1 Å². The second-order valence-corrected chi connectivity index (χ2v) is 5.48. The molecule has 0 fully saturated rings. The summed E-state index contributed by atoms with van der Waals surface area (Å²) in [6, 6.07) is 3.94. The first-order chi connectivity index (χ1) is 11.7. The van der Waals surface area contributed by atoms with E-state index in [0.717, 1.165) is 34.5 Å². The molecule has 0 aliphatic carbocycles. The van der Waals surface area contributed by atoms with Gasteiger partial charge in [-0.15, -0.1) is 0 Å². The van der Waals surface area contributed by atoms with Crippen LogP contribution in [0.5, 0.6) is 0 Å². The zero-order valence-corrected chi connectivity index (χ0v) is 14.3. The summed E-state index contributed by atoms with van der Waals surface area (Å²) >= 11 is 0. The van der Waals surface area contributed by atoms with Crippen molar-refractivity contribution in [1.29, 1.82) is 0 Å². The van der Waals surface area contributed by atoms with Crippen molar-refractivity contribution in [3.05, 3.63) is 35.9 Å². The van der Waals surface area contributed by atoms with Crippen molar-refractivity contribution >= 4 is 22.7 Å². The summed E-state index contributed by atoms with van der Waals surface area (Å²) in [5.41, 5.74) is 3.86. The van der Waals surface area contributed by atoms with E-state index < -0.39 is 0 Å². The predicted molar refractivity (Wildman–Crippen MR) is 93.5 cm³/mol. The smallest absolute Gasteiger partial charge is 0.161 e. The fourth-order valence-corrected chi connectivity index (χ4v) is 2.59. The molecule has 7 heteroatoms. The predicted octanol–water partition coefficient (Wildman–Crippen LogP) is 2.87. The van der Waals surface area contributed by atoms with Gasteiger partial charge in [-0.2, -0.15) is 5.10 Å². The molecule has 7 nitrogen and oxygen atoms in total. The lowest BCUT2D eigenvalue weighted by Gasteiger charge is -2.09. The minimum atomic E-state index is 0.605. The Hall–Kier alpha value is -2.54. The molecule has 0 radical (unpaired) electrons. The molecule has 1 N–H and O–H groups in total. The molecular formula is C17H22N6O. The minimum absolute atomic E-state index is 0.605. The van der Waals surface area contributed by atoms with Gasteiger partial charge in [0.15, 0.2) is 5.82 Å². The monoisotopic (exact) mass is 326 g/mol. The number of fused-ring (bicyclic) bond motifs is 1. The zero-order valence-electron chi connectivity index (χ0n) is 14.3. The second-order valence-electron chi connectivity index (χ2n) is 5.48. The number of rotatable bonds is 7. The Balaban J connectivity index is 2.01. The van der Waals surface area contributed by atoms with Crippen LogP contribution in [0.25, 0.3) is 11.0 Å². The highest BCUT2D eigenvalue weighted by Gasteiger charge is 2.16. The summed E-state index contributed by atoms with van der Waals surface area (Å²) in [5, 5.41) is 7.97. The van der Waals surface area contributed by atoms with E-state index in [2.05, 4.69) is 32.3 Å². The number of hydrogen-bond acceptors (Lipinski definition) is 6. The molecule has 0 aromatic carbocycles. The third-order valence-corrected chi connectivity index (χ3v) is 3.74. The molecule has 126 valence electrons. The quantitative estimate of drug-likeness (QED) is 0.673. The van der Waals surface area contributed by atoms with E-state index in [0.29, 0.717) is 25.6 Å². The number of aryl methyl sites for hydroxylation is 2. The highest BCUT2D eigenvalue weighted by atomic mass is 16.5. The van der Waals surface area contributed by atoms with E-state index in [-0.39, 0.29) is 0 Å². The number of anilines is 2. The first-order valence-corrected chi connectivity index (χ1v) is 8.20. The van der Waals surface area contributed by atoms with Crippen LogP contribution < -0.4 is 5.32 Å². The molecule has 3 aromatic heterocycles. The molecule has 3 rings (SSSR count). The first kappa shape index (κ1) is 16.3. The molecule has 0 amide bonds. The van der Waals surface area contributed by atoms with Crippen molar-refractivity contribution in [3.63, 3.8) is 0 Å². The average Bonchev–Trinajstić information content (AvgIpc) is 2.94. The van der Waals surface area contributed by atoms with Gasteiger partial charge in [0.25, 0.3) is 0 Å². The maximum absolute atomic E-state index is 5.47. The SMILES string of the molecule is CCOCCn1nc(CC)c2ncnc(Nc3cc(C)ccn3)c21. The number of nitrogens with one attached hydrogen (secondary N) is 1. The van der Waals surface area contributed by atoms with Gasteiger partial charge >= 0.3 is 0 Å². The number of ether oxygens (including phenoxy) is 1. The van der Waals surface area contributed by atoms with Gasteiger partial charge in [0.1, 0.15) is 23.2 Å². The zero-order chi connectivity index (χ0) is 16.9. The number of pyridine rings is 1. The average molecular weight is 326 g/mol. The third-order valence-electron chi connectivity index (χ3n) is 3.74. The van der Waals surface area contributed by atoms with Crippen molar-refractivity contribution in [3.8, 4) is 0 Å². The van der Waals surface area contributed by atoms with E-state index in [1.165, 1.54) is 0 Å². The van der Waals surface area contributed by atoms with E-state index in [9.17, 15) is 0 Å². The number of aromatic nitrogens is 5. The Morgan fingerprint density at radius 1 is 1.21 bits per heavy atom. The Bertz CT molecular complexity index is 829. The summed E-state index contributed by atoms with van der Waals surface area (Å²) in [7, 11) is 0. The maximum Gasteiger partial charge on any atom is 0.161 e. The van der Waals surface area contributed by atoms with Crippen LogP contribution in [0, 0.1) is 6.92 Å². The van der Waals surface area contributed by atoms with Crippen LogP contribution in [0.4, 0.5) is 11.6 Å². The molecular weight excluding hydrogens is 304 g/mol. The molecule has 0 bridgehead atoms. The summed E-state index contributed by atoms with van der Waals surface area (Å²) in [5.74, 6) is 1.47. The van der Waals surface area contributed by atoms with Crippen LogP contribution in [0.15, 0.2) is 24.7 Å². The van der Waals surface area contributed by atoms with Crippen molar-refractivity contribution in [2.45, 2.75) is 33.7 Å². The lowest BCUT2D eigenvalue weighted by molar-refractivity contribution is 0.137. The van der Waals surface area contributed by atoms with Crippen LogP contribution in [0.3, 0.4) is 0 Å². The van der Waals surface area contributed by atoms with Crippen LogP contribution in [-0.4, -0.2) is 37.9 Å². The summed E-state index contributed by atoms with van der Waals surface area (Å²) in [6.45, 7) is 8.05. The Labute approximate surface area is 141 Å². The molecule has 0 saturated carbocycles. The van der Waals surface area contributed by atoms with E-state index in [1.807, 2.05) is 30.7 Å². The first-order valence-electron chi connectivity index (χ1n) is 8.20. The molecule has 0 spiro atoms. The largest absolute Gasteiger partial charge is 0.380 e. The van der Waals surface area contributed by atoms with Gasteiger partial charge in [-0.05, 0) is 38.0 Å².